The van der Waals surface area contributed by atoms with Gasteiger partial charge in [0.1, 0.15) is 27.8 Å². The molecule has 208 valence electrons. The Morgan fingerprint density at radius 2 is 1.90 bits per heavy atom. The number of nitrogens with zero attached hydrogens (tertiary/aromatic N) is 5. The van der Waals surface area contributed by atoms with Gasteiger partial charge in [-0.25, -0.2) is 19.7 Å². The average Bonchev–Trinajstić information content (AvgIpc) is 3.51. The number of ketones is 1. The SMILES string of the molecule is CO[C@H]1CN(c2nc(-c3cnc(N4CCCCC4)cn3)c(C(=O)O)s2)CC[C@H]1CC(=O)c1[nH]c(C)c(Cl)c1Cl. The number of anilines is 2. The van der Waals surface area contributed by atoms with E-state index in [-0.39, 0.29) is 34.1 Å². The van der Waals surface area contributed by atoms with Crippen molar-refractivity contribution in [3.8, 4) is 11.4 Å². The number of aryl methyl sites for hydroxylation is 1. The molecule has 0 saturated carbocycles. The number of nitrogens with one attached hydrogen (secondary N) is 1. The summed E-state index contributed by atoms with van der Waals surface area (Å²) in [4.78, 5) is 46.1. The van der Waals surface area contributed by atoms with E-state index in [1.165, 1.54) is 6.42 Å². The molecule has 3 aromatic rings. The number of aromatic carboxylic acids is 1. The number of carbonyl (C=O) groups excluding carboxylic acids is 1. The Morgan fingerprint density at radius 1 is 1.13 bits per heavy atom. The van der Waals surface area contributed by atoms with Gasteiger partial charge in [-0.3, -0.25) is 4.79 Å². The first kappa shape index (κ1) is 27.8. The summed E-state index contributed by atoms with van der Waals surface area (Å²) in [6.45, 7) is 4.73. The van der Waals surface area contributed by atoms with Crippen LogP contribution in [0.25, 0.3) is 11.4 Å². The minimum atomic E-state index is -1.06. The normalized spacial score (nSPS) is 19.9. The molecular formula is C26H30Cl2N6O4S. The van der Waals surface area contributed by atoms with Crippen LogP contribution in [0.1, 0.15) is 58.0 Å². The highest BCUT2D eigenvalue weighted by atomic mass is 35.5. The first-order chi connectivity index (χ1) is 18.8. The van der Waals surface area contributed by atoms with Crippen LogP contribution in [0.4, 0.5) is 10.9 Å². The number of aromatic nitrogens is 4. The number of methoxy groups -OCH3 is 1. The van der Waals surface area contributed by atoms with Crippen LogP contribution in [0.2, 0.25) is 10.0 Å². The minimum absolute atomic E-state index is 0.0382. The Morgan fingerprint density at radius 3 is 2.51 bits per heavy atom. The zero-order valence-corrected chi connectivity index (χ0v) is 24.1. The second-order valence-electron chi connectivity index (χ2n) is 9.94. The fourth-order valence-corrected chi connectivity index (χ4v) is 6.62. The standard InChI is InChI=1S/C26H30Cl2N6O4S/c1-14-20(27)21(28)23(31-14)17(35)10-15-6-9-34(13-18(15)38-2)26-32-22(24(39-26)25(36)37)16-11-30-19(12-29-16)33-7-4-3-5-8-33/h11-12,15,18,31H,3-10,13H2,1-2H3,(H,36,37)/t15-,18-/m0/s1. The Bertz CT molecular complexity index is 1360. The molecule has 0 aliphatic carbocycles. The Kier molecular flexibility index (Phi) is 8.41. The van der Waals surface area contributed by atoms with E-state index in [1.54, 1.807) is 26.4 Å². The third-order valence-corrected chi connectivity index (χ3v) is 9.47. The summed E-state index contributed by atoms with van der Waals surface area (Å²) in [6.07, 6.45) is 7.44. The van der Waals surface area contributed by atoms with Crippen molar-refractivity contribution in [1.82, 2.24) is 19.9 Å². The van der Waals surface area contributed by atoms with Crippen LogP contribution in [-0.2, 0) is 4.74 Å². The van der Waals surface area contributed by atoms with Gasteiger partial charge in [0.2, 0.25) is 0 Å². The van der Waals surface area contributed by atoms with E-state index < -0.39 is 5.97 Å². The molecule has 10 nitrogen and oxygen atoms in total. The Balaban J connectivity index is 1.31. The number of ether oxygens (including phenoxy) is 1. The van der Waals surface area contributed by atoms with Crippen LogP contribution in [0.5, 0.6) is 0 Å². The Labute approximate surface area is 240 Å². The van der Waals surface area contributed by atoms with Gasteiger partial charge in [0.15, 0.2) is 10.9 Å². The van der Waals surface area contributed by atoms with Gasteiger partial charge in [-0.05, 0) is 38.5 Å². The number of halogens is 2. The van der Waals surface area contributed by atoms with Crippen LogP contribution in [0, 0.1) is 12.8 Å². The largest absolute Gasteiger partial charge is 0.477 e. The predicted octanol–water partition coefficient (Wildman–Crippen LogP) is 5.35. The number of rotatable bonds is 8. The lowest BCUT2D eigenvalue weighted by Gasteiger charge is -2.37. The van der Waals surface area contributed by atoms with E-state index >= 15 is 0 Å². The molecule has 39 heavy (non-hydrogen) atoms. The van der Waals surface area contributed by atoms with Crippen molar-refractivity contribution in [2.45, 2.75) is 45.1 Å². The van der Waals surface area contributed by atoms with E-state index in [0.29, 0.717) is 52.4 Å². The summed E-state index contributed by atoms with van der Waals surface area (Å²) in [5.74, 6) is -0.421. The molecule has 0 aromatic carbocycles. The molecule has 0 spiro atoms. The second-order valence-corrected chi connectivity index (χ2v) is 11.7. The number of Topliss-reactive ketones (excluding diaryl/α,β-unsaturated/α-hetero) is 1. The zero-order chi connectivity index (χ0) is 27.7. The molecule has 13 heteroatoms. The monoisotopic (exact) mass is 592 g/mol. The maximum atomic E-state index is 13.0. The van der Waals surface area contributed by atoms with E-state index in [1.807, 2.05) is 4.90 Å². The molecule has 0 amide bonds. The zero-order valence-electron chi connectivity index (χ0n) is 21.7. The van der Waals surface area contributed by atoms with Gasteiger partial charge in [-0.1, -0.05) is 34.5 Å². The summed E-state index contributed by atoms with van der Waals surface area (Å²) in [5.41, 5.74) is 1.71. The first-order valence-corrected chi connectivity index (χ1v) is 14.5. The highest BCUT2D eigenvalue weighted by molar-refractivity contribution is 7.17. The third-order valence-electron chi connectivity index (χ3n) is 7.42. The van der Waals surface area contributed by atoms with Crippen LogP contribution < -0.4 is 9.80 Å². The average molecular weight is 594 g/mol. The third kappa shape index (κ3) is 5.77. The number of piperidine rings is 2. The van der Waals surface area contributed by atoms with Crippen LogP contribution in [-0.4, -0.2) is 76.2 Å². The smallest absolute Gasteiger partial charge is 0.348 e. The van der Waals surface area contributed by atoms with Gasteiger partial charge in [0.25, 0.3) is 0 Å². The van der Waals surface area contributed by atoms with Gasteiger partial charge in [0, 0.05) is 45.4 Å². The van der Waals surface area contributed by atoms with Crippen molar-refractivity contribution >= 4 is 57.2 Å². The van der Waals surface area contributed by atoms with E-state index in [9.17, 15) is 14.7 Å². The molecule has 2 fully saturated rings. The predicted molar refractivity (Wildman–Crippen MR) is 152 cm³/mol. The fourth-order valence-electron chi connectivity index (χ4n) is 5.24. The molecule has 0 bridgehead atoms. The van der Waals surface area contributed by atoms with Crippen molar-refractivity contribution in [2.75, 3.05) is 43.1 Å². The molecule has 2 aliphatic rings. The quantitative estimate of drug-likeness (QED) is 0.333. The lowest BCUT2D eigenvalue weighted by Crippen LogP contribution is -2.45. The summed E-state index contributed by atoms with van der Waals surface area (Å²) < 4.78 is 5.76. The van der Waals surface area contributed by atoms with Crippen LogP contribution >= 0.6 is 34.5 Å². The van der Waals surface area contributed by atoms with Crippen molar-refractivity contribution in [2.24, 2.45) is 5.92 Å². The second kappa shape index (κ2) is 11.8. The summed E-state index contributed by atoms with van der Waals surface area (Å²) in [5, 5.41) is 11.1. The lowest BCUT2D eigenvalue weighted by atomic mass is 9.88. The van der Waals surface area contributed by atoms with Crippen molar-refractivity contribution < 1.29 is 19.4 Å². The van der Waals surface area contributed by atoms with Gasteiger partial charge >= 0.3 is 5.97 Å². The topological polar surface area (TPSA) is 125 Å². The maximum absolute atomic E-state index is 13.0. The van der Waals surface area contributed by atoms with Crippen LogP contribution in [0.15, 0.2) is 12.4 Å². The van der Waals surface area contributed by atoms with E-state index in [4.69, 9.17) is 27.9 Å². The number of carboxylic acids is 1. The molecule has 5 rings (SSSR count). The molecule has 0 unspecified atom stereocenters. The highest BCUT2D eigenvalue weighted by Crippen LogP contribution is 2.37. The fraction of sp³-hybridized carbons (Fsp3) is 0.500. The van der Waals surface area contributed by atoms with Gasteiger partial charge in [-0.2, -0.15) is 0 Å². The molecule has 2 N–H and O–H groups in total. The van der Waals surface area contributed by atoms with Crippen molar-refractivity contribution in [1.29, 1.82) is 0 Å². The molecule has 2 aliphatic heterocycles. The minimum Gasteiger partial charge on any atom is -0.477 e. The van der Waals surface area contributed by atoms with Crippen molar-refractivity contribution in [3.63, 3.8) is 0 Å². The molecule has 0 radical (unpaired) electrons. The molecular weight excluding hydrogens is 563 g/mol. The number of hydrogen-bond donors (Lipinski definition) is 2. The maximum Gasteiger partial charge on any atom is 0.348 e. The number of thiazole rings is 1. The van der Waals surface area contributed by atoms with Gasteiger partial charge < -0.3 is 24.6 Å². The van der Waals surface area contributed by atoms with E-state index in [2.05, 4.69) is 24.8 Å². The number of carboxylic acid groups (broad SMARTS) is 1. The number of carbonyl (C=O) groups is 2. The number of hydrogen-bond acceptors (Lipinski definition) is 9. The summed E-state index contributed by atoms with van der Waals surface area (Å²) in [7, 11) is 1.61. The molecule has 2 atom stereocenters. The molecule has 5 heterocycles. The first-order valence-electron chi connectivity index (χ1n) is 12.9. The van der Waals surface area contributed by atoms with Gasteiger partial charge in [-0.15, -0.1) is 0 Å². The molecule has 3 aromatic heterocycles. The Hall–Kier alpha value is -2.73. The summed E-state index contributed by atoms with van der Waals surface area (Å²) >= 11 is 13.5. The van der Waals surface area contributed by atoms with Crippen LogP contribution in [0.3, 0.4) is 0 Å². The summed E-state index contributed by atoms with van der Waals surface area (Å²) in [6, 6.07) is 0. The lowest BCUT2D eigenvalue weighted by molar-refractivity contribution is 0.0375. The number of H-pyrrole nitrogens is 1. The van der Waals surface area contributed by atoms with Crippen molar-refractivity contribution in [3.05, 3.63) is 38.7 Å². The number of aromatic amines is 1. The van der Waals surface area contributed by atoms with Gasteiger partial charge in [0.05, 0.1) is 28.5 Å². The highest BCUT2D eigenvalue weighted by Gasteiger charge is 2.34. The van der Waals surface area contributed by atoms with E-state index in [0.717, 1.165) is 43.1 Å². The molecule has 2 saturated heterocycles.